The number of benzene rings is 1. The second-order valence-corrected chi connectivity index (χ2v) is 4.05. The van der Waals surface area contributed by atoms with E-state index in [2.05, 4.69) is 16.4 Å². The van der Waals surface area contributed by atoms with E-state index in [-0.39, 0.29) is 0 Å². The Morgan fingerprint density at radius 1 is 1.21 bits per heavy atom. The number of rotatable bonds is 5. The van der Waals surface area contributed by atoms with Crippen LogP contribution in [-0.2, 0) is 0 Å². The van der Waals surface area contributed by atoms with Gasteiger partial charge in [-0.05, 0) is 31.2 Å². The number of hydrogen-bond acceptors (Lipinski definition) is 4. The predicted molar refractivity (Wildman–Crippen MR) is 74.1 cm³/mol. The molecule has 0 saturated carbocycles. The van der Waals surface area contributed by atoms with Crippen LogP contribution in [0.5, 0.6) is 5.75 Å². The van der Waals surface area contributed by atoms with Gasteiger partial charge in [0.2, 0.25) is 0 Å². The first-order valence-electron chi connectivity index (χ1n) is 6.09. The van der Waals surface area contributed by atoms with Gasteiger partial charge in [-0.1, -0.05) is 18.2 Å². The summed E-state index contributed by atoms with van der Waals surface area (Å²) in [6.45, 7) is 3.01. The first-order chi connectivity index (χ1) is 9.29. The summed E-state index contributed by atoms with van der Waals surface area (Å²) in [5.74, 6) is 1.45. The van der Waals surface area contributed by atoms with Gasteiger partial charge in [0.05, 0.1) is 12.1 Å². The van der Waals surface area contributed by atoms with Crippen LogP contribution < -0.4 is 10.1 Å². The number of nitrogens with one attached hydrogen (secondary N) is 1. The number of pyridine rings is 1. The van der Waals surface area contributed by atoms with Gasteiger partial charge in [-0.15, -0.1) is 0 Å². The van der Waals surface area contributed by atoms with Gasteiger partial charge in [-0.2, -0.15) is 5.26 Å². The number of nitrogens with zero attached hydrogens (tertiary/aromatic N) is 2. The quantitative estimate of drug-likeness (QED) is 0.832. The summed E-state index contributed by atoms with van der Waals surface area (Å²) in [5.41, 5.74) is 1.43. The Labute approximate surface area is 112 Å². The third-order valence-electron chi connectivity index (χ3n) is 2.56. The van der Waals surface area contributed by atoms with Gasteiger partial charge in [0, 0.05) is 5.69 Å². The van der Waals surface area contributed by atoms with Gasteiger partial charge in [0.25, 0.3) is 0 Å². The SMILES string of the molecule is Cc1ccc(C#N)c(NCCOc2ccccc2)n1. The molecule has 0 aliphatic rings. The molecule has 0 aliphatic heterocycles. The van der Waals surface area contributed by atoms with E-state index in [1.54, 1.807) is 6.07 Å². The molecular formula is C15H15N3O. The van der Waals surface area contributed by atoms with Crippen LogP contribution in [0, 0.1) is 18.3 Å². The second-order valence-electron chi connectivity index (χ2n) is 4.05. The van der Waals surface area contributed by atoms with Gasteiger partial charge in [-0.25, -0.2) is 4.98 Å². The average molecular weight is 253 g/mol. The fourth-order valence-corrected chi connectivity index (χ4v) is 1.64. The van der Waals surface area contributed by atoms with Crippen molar-refractivity contribution in [3.05, 3.63) is 53.7 Å². The summed E-state index contributed by atoms with van der Waals surface area (Å²) in [6, 6.07) is 15.3. The Bertz CT molecular complexity index is 576. The van der Waals surface area contributed by atoms with Crippen molar-refractivity contribution < 1.29 is 4.74 Å². The van der Waals surface area contributed by atoms with Crippen LogP contribution in [0.1, 0.15) is 11.3 Å². The van der Waals surface area contributed by atoms with E-state index in [0.29, 0.717) is 24.5 Å². The van der Waals surface area contributed by atoms with E-state index in [0.717, 1.165) is 11.4 Å². The van der Waals surface area contributed by atoms with E-state index >= 15 is 0 Å². The molecule has 19 heavy (non-hydrogen) atoms. The number of para-hydroxylation sites is 1. The van der Waals surface area contributed by atoms with Crippen LogP contribution in [0.25, 0.3) is 0 Å². The maximum absolute atomic E-state index is 8.98. The molecule has 0 fully saturated rings. The van der Waals surface area contributed by atoms with Crippen molar-refractivity contribution in [2.75, 3.05) is 18.5 Å². The van der Waals surface area contributed by atoms with Gasteiger partial charge in [0.15, 0.2) is 0 Å². The molecule has 4 nitrogen and oxygen atoms in total. The minimum absolute atomic E-state index is 0.518. The minimum atomic E-state index is 0.518. The number of nitriles is 1. The van der Waals surface area contributed by atoms with Crippen LogP contribution in [-0.4, -0.2) is 18.1 Å². The Balaban J connectivity index is 1.86. The summed E-state index contributed by atoms with van der Waals surface area (Å²) in [4.78, 5) is 4.30. The van der Waals surface area contributed by atoms with Crippen LogP contribution in [0.15, 0.2) is 42.5 Å². The lowest BCUT2D eigenvalue weighted by Crippen LogP contribution is -2.13. The van der Waals surface area contributed by atoms with Crippen molar-refractivity contribution in [3.8, 4) is 11.8 Å². The summed E-state index contributed by atoms with van der Waals surface area (Å²) in [5, 5.41) is 12.1. The summed E-state index contributed by atoms with van der Waals surface area (Å²) in [6.07, 6.45) is 0. The van der Waals surface area contributed by atoms with Gasteiger partial charge < -0.3 is 10.1 Å². The van der Waals surface area contributed by atoms with E-state index in [1.807, 2.05) is 43.3 Å². The molecule has 0 atom stereocenters. The lowest BCUT2D eigenvalue weighted by atomic mass is 10.2. The molecule has 0 radical (unpaired) electrons. The van der Waals surface area contributed by atoms with Gasteiger partial charge in [0.1, 0.15) is 24.2 Å². The maximum atomic E-state index is 8.98. The van der Waals surface area contributed by atoms with Crippen molar-refractivity contribution in [1.82, 2.24) is 4.98 Å². The van der Waals surface area contributed by atoms with Crippen LogP contribution in [0.3, 0.4) is 0 Å². The molecule has 0 spiro atoms. The number of aromatic nitrogens is 1. The van der Waals surface area contributed by atoms with Crippen LogP contribution in [0.4, 0.5) is 5.82 Å². The largest absolute Gasteiger partial charge is 0.492 e. The maximum Gasteiger partial charge on any atom is 0.144 e. The lowest BCUT2D eigenvalue weighted by molar-refractivity contribution is 0.333. The molecule has 0 bridgehead atoms. The van der Waals surface area contributed by atoms with E-state index < -0.39 is 0 Å². The summed E-state index contributed by atoms with van der Waals surface area (Å²) >= 11 is 0. The molecular weight excluding hydrogens is 238 g/mol. The van der Waals surface area contributed by atoms with Crippen molar-refractivity contribution in [2.24, 2.45) is 0 Å². The molecule has 0 amide bonds. The first kappa shape index (κ1) is 12.9. The third-order valence-corrected chi connectivity index (χ3v) is 2.56. The van der Waals surface area contributed by atoms with Crippen molar-refractivity contribution in [1.29, 1.82) is 5.26 Å². The zero-order chi connectivity index (χ0) is 13.5. The minimum Gasteiger partial charge on any atom is -0.492 e. The van der Waals surface area contributed by atoms with Gasteiger partial charge >= 0.3 is 0 Å². The highest BCUT2D eigenvalue weighted by molar-refractivity contribution is 5.52. The molecule has 1 aromatic carbocycles. The zero-order valence-corrected chi connectivity index (χ0v) is 10.8. The molecule has 2 rings (SSSR count). The standard InChI is InChI=1S/C15H15N3O/c1-12-7-8-13(11-16)15(18-12)17-9-10-19-14-5-3-2-4-6-14/h2-8H,9-10H2,1H3,(H,17,18). The zero-order valence-electron chi connectivity index (χ0n) is 10.8. The topological polar surface area (TPSA) is 57.9 Å². The van der Waals surface area contributed by atoms with E-state index in [9.17, 15) is 0 Å². The van der Waals surface area contributed by atoms with Crippen molar-refractivity contribution in [3.63, 3.8) is 0 Å². The monoisotopic (exact) mass is 253 g/mol. The highest BCUT2D eigenvalue weighted by Gasteiger charge is 2.03. The highest BCUT2D eigenvalue weighted by atomic mass is 16.5. The highest BCUT2D eigenvalue weighted by Crippen LogP contribution is 2.12. The fraction of sp³-hybridized carbons (Fsp3) is 0.200. The summed E-state index contributed by atoms with van der Waals surface area (Å²) < 4.78 is 5.56. The fourth-order valence-electron chi connectivity index (χ4n) is 1.64. The smallest absolute Gasteiger partial charge is 0.144 e. The molecule has 96 valence electrons. The van der Waals surface area contributed by atoms with Crippen molar-refractivity contribution in [2.45, 2.75) is 6.92 Å². The normalized spacial score (nSPS) is 9.68. The predicted octanol–water partition coefficient (Wildman–Crippen LogP) is 2.75. The molecule has 0 aliphatic carbocycles. The molecule has 4 heteroatoms. The Morgan fingerprint density at radius 2 is 2.00 bits per heavy atom. The lowest BCUT2D eigenvalue weighted by Gasteiger charge is -2.09. The van der Waals surface area contributed by atoms with Crippen LogP contribution >= 0.6 is 0 Å². The average Bonchev–Trinajstić information content (AvgIpc) is 2.45. The Morgan fingerprint density at radius 3 is 2.74 bits per heavy atom. The molecule has 0 unspecified atom stereocenters. The number of hydrogen-bond donors (Lipinski definition) is 1. The molecule has 0 saturated heterocycles. The van der Waals surface area contributed by atoms with E-state index in [4.69, 9.17) is 10.00 Å². The Hall–Kier alpha value is -2.54. The first-order valence-corrected chi connectivity index (χ1v) is 6.09. The van der Waals surface area contributed by atoms with Crippen molar-refractivity contribution >= 4 is 5.82 Å². The molecule has 1 N–H and O–H groups in total. The molecule has 2 aromatic rings. The van der Waals surface area contributed by atoms with Gasteiger partial charge in [-0.3, -0.25) is 0 Å². The molecule has 1 heterocycles. The van der Waals surface area contributed by atoms with E-state index in [1.165, 1.54) is 0 Å². The number of anilines is 1. The second kappa shape index (κ2) is 6.41. The Kier molecular flexibility index (Phi) is 4.35. The third kappa shape index (κ3) is 3.71. The number of aryl methyl sites for hydroxylation is 1. The number of ether oxygens (including phenoxy) is 1. The molecule has 1 aromatic heterocycles. The van der Waals surface area contributed by atoms with Crippen LogP contribution in [0.2, 0.25) is 0 Å². The summed E-state index contributed by atoms with van der Waals surface area (Å²) in [7, 11) is 0.